The molecular weight excluding hydrogens is 174 g/mol. The van der Waals surface area contributed by atoms with Gasteiger partial charge in [-0.25, -0.2) is 4.79 Å². The number of ether oxygens (including phenoxy) is 3. The molecule has 76 valence electrons. The van der Waals surface area contributed by atoms with Crippen LogP contribution in [0.2, 0.25) is 0 Å². The van der Waals surface area contributed by atoms with Gasteiger partial charge in [-0.2, -0.15) is 0 Å². The Balaban J connectivity index is 2.52. The maximum absolute atomic E-state index is 11.1. The van der Waals surface area contributed by atoms with Crippen LogP contribution in [0.4, 0.5) is 4.79 Å². The fraction of sp³-hybridized carbons (Fsp3) is 0.875. The Bertz CT molecular complexity index is 173. The summed E-state index contributed by atoms with van der Waals surface area (Å²) in [6.07, 6.45) is -0.435. The Kier molecular flexibility index (Phi) is 3.50. The summed E-state index contributed by atoms with van der Waals surface area (Å²) in [5, 5.41) is 0. The lowest BCUT2D eigenvalue weighted by Crippen LogP contribution is -2.29. The molecule has 1 aliphatic heterocycles. The van der Waals surface area contributed by atoms with Gasteiger partial charge in [-0.1, -0.05) is 0 Å². The third kappa shape index (κ3) is 2.10. The highest BCUT2D eigenvalue weighted by atomic mass is 16.6. The highest BCUT2D eigenvalue weighted by Crippen LogP contribution is 2.15. The van der Waals surface area contributed by atoms with Crippen molar-refractivity contribution >= 4 is 6.09 Å². The first-order valence-corrected chi connectivity index (χ1v) is 4.11. The number of nitrogens with zero attached hydrogens (tertiary/aromatic N) is 1. The first kappa shape index (κ1) is 10.3. The van der Waals surface area contributed by atoms with Crippen molar-refractivity contribution in [3.8, 4) is 0 Å². The largest absolute Gasteiger partial charge is 0.453 e. The molecule has 1 heterocycles. The van der Waals surface area contributed by atoms with E-state index in [1.54, 1.807) is 19.1 Å². The van der Waals surface area contributed by atoms with Crippen LogP contribution in [0.15, 0.2) is 0 Å². The number of rotatable bonds is 2. The summed E-state index contributed by atoms with van der Waals surface area (Å²) in [5.41, 5.74) is 0. The molecule has 0 saturated carbocycles. The standard InChI is InChI=1S/C8H15NO4/c1-11-6-4-9(8(10)13-3)5-7(6)12-2/h6-7H,4-5H2,1-3H3. The number of carbonyl (C=O) groups excluding carboxylic acids is 1. The van der Waals surface area contributed by atoms with Crippen molar-refractivity contribution in [3.63, 3.8) is 0 Å². The molecule has 13 heavy (non-hydrogen) atoms. The molecule has 1 rings (SSSR count). The number of amides is 1. The Morgan fingerprint density at radius 3 is 1.92 bits per heavy atom. The number of hydrogen-bond acceptors (Lipinski definition) is 4. The average molecular weight is 189 g/mol. The smallest absolute Gasteiger partial charge is 0.409 e. The number of carbonyl (C=O) groups is 1. The van der Waals surface area contributed by atoms with Crippen LogP contribution in [0.5, 0.6) is 0 Å². The van der Waals surface area contributed by atoms with Crippen molar-refractivity contribution in [1.82, 2.24) is 4.90 Å². The van der Waals surface area contributed by atoms with Gasteiger partial charge in [0, 0.05) is 14.2 Å². The average Bonchev–Trinajstić information content (AvgIpc) is 2.59. The van der Waals surface area contributed by atoms with Gasteiger partial charge in [0.2, 0.25) is 0 Å². The molecular formula is C8H15NO4. The molecule has 5 nitrogen and oxygen atoms in total. The van der Waals surface area contributed by atoms with Gasteiger partial charge in [0.15, 0.2) is 0 Å². The fourth-order valence-electron chi connectivity index (χ4n) is 1.47. The Hall–Kier alpha value is -0.810. The molecule has 1 fully saturated rings. The second-order valence-electron chi connectivity index (χ2n) is 2.92. The first-order valence-electron chi connectivity index (χ1n) is 4.11. The van der Waals surface area contributed by atoms with E-state index in [-0.39, 0.29) is 18.3 Å². The lowest BCUT2D eigenvalue weighted by atomic mass is 10.3. The minimum atomic E-state index is -0.332. The zero-order valence-electron chi connectivity index (χ0n) is 8.15. The van der Waals surface area contributed by atoms with Crippen LogP contribution in [-0.2, 0) is 14.2 Å². The van der Waals surface area contributed by atoms with Crippen molar-refractivity contribution in [3.05, 3.63) is 0 Å². The summed E-state index contributed by atoms with van der Waals surface area (Å²) >= 11 is 0. The lowest BCUT2D eigenvalue weighted by molar-refractivity contribution is -0.00461. The van der Waals surface area contributed by atoms with E-state index < -0.39 is 0 Å². The van der Waals surface area contributed by atoms with Crippen LogP contribution >= 0.6 is 0 Å². The van der Waals surface area contributed by atoms with Crippen LogP contribution in [0.1, 0.15) is 0 Å². The number of hydrogen-bond donors (Lipinski definition) is 0. The van der Waals surface area contributed by atoms with Gasteiger partial charge >= 0.3 is 6.09 Å². The van der Waals surface area contributed by atoms with E-state index in [9.17, 15) is 4.79 Å². The molecule has 0 aromatic carbocycles. The molecule has 2 atom stereocenters. The van der Waals surface area contributed by atoms with Crippen molar-refractivity contribution in [2.75, 3.05) is 34.4 Å². The normalized spacial score (nSPS) is 27.8. The van der Waals surface area contributed by atoms with E-state index in [4.69, 9.17) is 9.47 Å². The molecule has 0 spiro atoms. The molecule has 2 unspecified atom stereocenters. The molecule has 1 aliphatic rings. The van der Waals surface area contributed by atoms with Crippen LogP contribution in [-0.4, -0.2) is 57.6 Å². The SMILES string of the molecule is COC(=O)N1CC(OC)C(OC)C1. The van der Waals surface area contributed by atoms with E-state index >= 15 is 0 Å². The van der Waals surface area contributed by atoms with E-state index in [0.717, 1.165) is 0 Å². The highest BCUT2D eigenvalue weighted by molar-refractivity contribution is 5.67. The monoisotopic (exact) mass is 189 g/mol. The molecule has 1 saturated heterocycles. The second-order valence-corrected chi connectivity index (χ2v) is 2.92. The Labute approximate surface area is 77.6 Å². The summed E-state index contributed by atoms with van der Waals surface area (Å²) in [5.74, 6) is 0. The fourth-order valence-corrected chi connectivity index (χ4v) is 1.47. The Morgan fingerprint density at radius 1 is 1.15 bits per heavy atom. The third-order valence-corrected chi connectivity index (χ3v) is 2.25. The molecule has 0 N–H and O–H groups in total. The minimum Gasteiger partial charge on any atom is -0.453 e. The maximum Gasteiger partial charge on any atom is 0.409 e. The Morgan fingerprint density at radius 2 is 1.62 bits per heavy atom. The molecule has 0 aromatic rings. The van der Waals surface area contributed by atoms with Crippen molar-refractivity contribution in [1.29, 1.82) is 0 Å². The zero-order valence-corrected chi connectivity index (χ0v) is 8.15. The van der Waals surface area contributed by atoms with Crippen molar-refractivity contribution in [2.24, 2.45) is 0 Å². The minimum absolute atomic E-state index is 0.0518. The quantitative estimate of drug-likeness (QED) is 0.618. The third-order valence-electron chi connectivity index (χ3n) is 2.25. The van der Waals surface area contributed by atoms with E-state index in [1.165, 1.54) is 7.11 Å². The van der Waals surface area contributed by atoms with Crippen LogP contribution < -0.4 is 0 Å². The molecule has 0 aromatic heterocycles. The summed E-state index contributed by atoms with van der Waals surface area (Å²) in [4.78, 5) is 12.7. The van der Waals surface area contributed by atoms with Gasteiger partial charge in [0.1, 0.15) is 12.2 Å². The topological polar surface area (TPSA) is 48.0 Å². The maximum atomic E-state index is 11.1. The highest BCUT2D eigenvalue weighted by Gasteiger charge is 2.35. The predicted molar refractivity (Wildman–Crippen MR) is 45.6 cm³/mol. The summed E-state index contributed by atoms with van der Waals surface area (Å²) < 4.78 is 14.9. The van der Waals surface area contributed by atoms with E-state index in [2.05, 4.69) is 4.74 Å². The van der Waals surface area contributed by atoms with Crippen molar-refractivity contribution < 1.29 is 19.0 Å². The molecule has 1 amide bonds. The molecule has 5 heteroatoms. The van der Waals surface area contributed by atoms with Gasteiger partial charge < -0.3 is 19.1 Å². The van der Waals surface area contributed by atoms with Crippen LogP contribution in [0.25, 0.3) is 0 Å². The summed E-state index contributed by atoms with van der Waals surface area (Å²) in [6.45, 7) is 1.06. The number of methoxy groups -OCH3 is 3. The van der Waals surface area contributed by atoms with Gasteiger partial charge in [0.05, 0.1) is 20.2 Å². The van der Waals surface area contributed by atoms with E-state index in [0.29, 0.717) is 13.1 Å². The predicted octanol–water partition coefficient (Wildman–Crippen LogP) is 0.0984. The lowest BCUT2D eigenvalue weighted by Gasteiger charge is -2.13. The number of likely N-dealkylation sites (tertiary alicyclic amines) is 1. The second kappa shape index (κ2) is 4.43. The van der Waals surface area contributed by atoms with Crippen LogP contribution in [0.3, 0.4) is 0 Å². The van der Waals surface area contributed by atoms with Gasteiger partial charge in [-0.3, -0.25) is 0 Å². The molecule has 0 bridgehead atoms. The summed E-state index contributed by atoms with van der Waals surface area (Å²) in [6, 6.07) is 0. The first-order chi connectivity index (χ1) is 6.22. The van der Waals surface area contributed by atoms with E-state index in [1.807, 2.05) is 0 Å². The summed E-state index contributed by atoms with van der Waals surface area (Å²) in [7, 11) is 4.58. The van der Waals surface area contributed by atoms with Gasteiger partial charge in [-0.15, -0.1) is 0 Å². The van der Waals surface area contributed by atoms with Gasteiger partial charge in [-0.05, 0) is 0 Å². The zero-order chi connectivity index (χ0) is 9.84. The molecule has 0 radical (unpaired) electrons. The van der Waals surface area contributed by atoms with Crippen LogP contribution in [0, 0.1) is 0 Å². The molecule has 0 aliphatic carbocycles. The van der Waals surface area contributed by atoms with Crippen molar-refractivity contribution in [2.45, 2.75) is 12.2 Å². The van der Waals surface area contributed by atoms with Gasteiger partial charge in [0.25, 0.3) is 0 Å².